The molecular weight excluding hydrogens is 554 g/mol. The number of carbonyl (C=O) groups is 2. The minimum Gasteiger partial charge on any atom is -0.355 e. The highest BCUT2D eigenvalue weighted by Crippen LogP contribution is 2.27. The van der Waals surface area contributed by atoms with Crippen molar-refractivity contribution in [3.8, 4) is 0 Å². The number of hydrogen-bond donors (Lipinski definition) is 1. The number of rotatable bonds is 10. The Morgan fingerprint density at radius 3 is 2.11 bits per heavy atom. The molecule has 7 nitrogen and oxygen atoms in total. The van der Waals surface area contributed by atoms with Crippen molar-refractivity contribution >= 4 is 43.5 Å². The highest BCUT2D eigenvalue weighted by molar-refractivity contribution is 9.10. The summed E-state index contributed by atoms with van der Waals surface area (Å²) in [4.78, 5) is 28.0. The van der Waals surface area contributed by atoms with Gasteiger partial charge in [-0.15, -0.1) is 0 Å². The molecule has 0 aliphatic rings. The minimum atomic E-state index is -4.09. The number of nitrogens with one attached hydrogen (secondary N) is 1. The van der Waals surface area contributed by atoms with Crippen molar-refractivity contribution < 1.29 is 18.0 Å². The van der Waals surface area contributed by atoms with Crippen LogP contribution in [0.3, 0.4) is 0 Å². The standard InChI is InChI=1S/C28H32BrN3O4S/c1-5-30-28(34)22(4)31(18-23-13-9-20(2)10-14-23)27(33)19-32(25-8-6-7-24(29)17-25)37(35,36)26-15-11-21(3)12-16-26/h6-17,22H,5,18-19H2,1-4H3,(H,30,34). The Labute approximate surface area is 227 Å². The first-order valence-corrected chi connectivity index (χ1v) is 14.2. The average molecular weight is 587 g/mol. The van der Waals surface area contributed by atoms with E-state index in [0.717, 1.165) is 21.0 Å². The zero-order valence-electron chi connectivity index (χ0n) is 21.4. The van der Waals surface area contributed by atoms with Gasteiger partial charge in [-0.3, -0.25) is 13.9 Å². The van der Waals surface area contributed by atoms with Crippen LogP contribution in [0.5, 0.6) is 0 Å². The molecule has 3 aromatic carbocycles. The molecule has 0 saturated carbocycles. The van der Waals surface area contributed by atoms with Gasteiger partial charge >= 0.3 is 0 Å². The lowest BCUT2D eigenvalue weighted by molar-refractivity contribution is -0.139. The largest absolute Gasteiger partial charge is 0.355 e. The van der Waals surface area contributed by atoms with Crippen LogP contribution in [-0.4, -0.2) is 44.3 Å². The molecule has 2 amide bonds. The van der Waals surface area contributed by atoms with Crippen molar-refractivity contribution in [2.75, 3.05) is 17.4 Å². The second-order valence-electron chi connectivity index (χ2n) is 8.88. The molecule has 1 N–H and O–H groups in total. The van der Waals surface area contributed by atoms with Crippen LogP contribution in [-0.2, 0) is 26.2 Å². The van der Waals surface area contributed by atoms with Gasteiger partial charge in [0.25, 0.3) is 10.0 Å². The van der Waals surface area contributed by atoms with Gasteiger partial charge in [-0.1, -0.05) is 69.5 Å². The molecule has 0 saturated heterocycles. The number of carbonyl (C=O) groups excluding carboxylic acids is 2. The predicted octanol–water partition coefficient (Wildman–Crippen LogP) is 4.81. The van der Waals surface area contributed by atoms with E-state index in [1.165, 1.54) is 17.0 Å². The van der Waals surface area contributed by atoms with Crippen molar-refractivity contribution in [3.63, 3.8) is 0 Å². The van der Waals surface area contributed by atoms with Crippen LogP contribution in [0.25, 0.3) is 0 Å². The quantitative estimate of drug-likeness (QED) is 0.370. The zero-order chi connectivity index (χ0) is 27.2. The maximum atomic E-state index is 13.8. The van der Waals surface area contributed by atoms with E-state index in [1.54, 1.807) is 50.2 Å². The Morgan fingerprint density at radius 1 is 0.946 bits per heavy atom. The van der Waals surface area contributed by atoms with Gasteiger partial charge in [-0.2, -0.15) is 0 Å². The average Bonchev–Trinajstić information content (AvgIpc) is 2.86. The van der Waals surface area contributed by atoms with Gasteiger partial charge in [0.2, 0.25) is 11.8 Å². The summed E-state index contributed by atoms with van der Waals surface area (Å²) < 4.78 is 29.3. The Kier molecular flexibility index (Phi) is 9.50. The third-order valence-corrected chi connectivity index (χ3v) is 8.26. The van der Waals surface area contributed by atoms with Crippen molar-refractivity contribution in [3.05, 3.63) is 94.0 Å². The second kappa shape index (κ2) is 12.4. The maximum absolute atomic E-state index is 13.8. The molecule has 196 valence electrons. The Bertz CT molecular complexity index is 1340. The lowest BCUT2D eigenvalue weighted by Gasteiger charge is -2.32. The number of nitrogens with zero attached hydrogens (tertiary/aromatic N) is 2. The summed E-state index contributed by atoms with van der Waals surface area (Å²) in [6.45, 7) is 7.40. The molecule has 0 aliphatic carbocycles. The van der Waals surface area contributed by atoms with Gasteiger partial charge in [-0.25, -0.2) is 8.42 Å². The highest BCUT2D eigenvalue weighted by Gasteiger charge is 2.32. The topological polar surface area (TPSA) is 86.8 Å². The normalized spacial score (nSPS) is 12.0. The van der Waals surface area contributed by atoms with Crippen LogP contribution >= 0.6 is 15.9 Å². The van der Waals surface area contributed by atoms with Crippen LogP contribution in [0, 0.1) is 13.8 Å². The second-order valence-corrected chi connectivity index (χ2v) is 11.7. The van der Waals surface area contributed by atoms with Crippen molar-refractivity contribution in [1.29, 1.82) is 0 Å². The molecule has 0 bridgehead atoms. The summed E-state index contributed by atoms with van der Waals surface area (Å²) >= 11 is 3.40. The monoisotopic (exact) mass is 585 g/mol. The van der Waals surface area contributed by atoms with Crippen LogP contribution in [0.1, 0.15) is 30.5 Å². The lowest BCUT2D eigenvalue weighted by atomic mass is 10.1. The van der Waals surface area contributed by atoms with Crippen LogP contribution in [0.4, 0.5) is 5.69 Å². The Morgan fingerprint density at radius 2 is 1.54 bits per heavy atom. The fourth-order valence-electron chi connectivity index (χ4n) is 3.79. The number of sulfonamides is 1. The van der Waals surface area contributed by atoms with Gasteiger partial charge < -0.3 is 10.2 Å². The number of halogens is 1. The van der Waals surface area contributed by atoms with Gasteiger partial charge in [0.1, 0.15) is 12.6 Å². The van der Waals surface area contributed by atoms with E-state index in [9.17, 15) is 18.0 Å². The molecule has 0 heterocycles. The zero-order valence-corrected chi connectivity index (χ0v) is 23.8. The molecule has 3 rings (SSSR count). The third kappa shape index (κ3) is 7.20. The highest BCUT2D eigenvalue weighted by atomic mass is 79.9. The van der Waals surface area contributed by atoms with Gasteiger partial charge in [0, 0.05) is 17.6 Å². The molecular formula is C28H32BrN3O4S. The first-order chi connectivity index (χ1) is 17.5. The van der Waals surface area contributed by atoms with E-state index in [2.05, 4.69) is 21.2 Å². The van der Waals surface area contributed by atoms with Crippen LogP contribution < -0.4 is 9.62 Å². The fraction of sp³-hybridized carbons (Fsp3) is 0.286. The van der Waals surface area contributed by atoms with E-state index in [0.29, 0.717) is 16.7 Å². The summed E-state index contributed by atoms with van der Waals surface area (Å²) in [6, 6.07) is 20.1. The molecule has 1 unspecified atom stereocenters. The molecule has 1 atom stereocenters. The van der Waals surface area contributed by atoms with E-state index < -0.39 is 28.5 Å². The molecule has 0 aromatic heterocycles. The number of anilines is 1. The van der Waals surface area contributed by atoms with Crippen molar-refractivity contribution in [2.24, 2.45) is 0 Å². The van der Waals surface area contributed by atoms with Crippen LogP contribution in [0.2, 0.25) is 0 Å². The summed E-state index contributed by atoms with van der Waals surface area (Å²) in [5, 5.41) is 2.76. The third-order valence-electron chi connectivity index (χ3n) is 5.98. The fourth-order valence-corrected chi connectivity index (χ4v) is 5.59. The number of amides is 2. The van der Waals surface area contributed by atoms with E-state index >= 15 is 0 Å². The predicted molar refractivity (Wildman–Crippen MR) is 150 cm³/mol. The number of hydrogen-bond acceptors (Lipinski definition) is 4. The summed E-state index contributed by atoms with van der Waals surface area (Å²) in [5.41, 5.74) is 3.17. The Hall–Kier alpha value is -3.17. The first kappa shape index (κ1) is 28.4. The van der Waals surface area contributed by atoms with E-state index in [1.807, 2.05) is 38.1 Å². The molecule has 37 heavy (non-hydrogen) atoms. The first-order valence-electron chi connectivity index (χ1n) is 12.0. The smallest absolute Gasteiger partial charge is 0.264 e. The van der Waals surface area contributed by atoms with Gasteiger partial charge in [0.05, 0.1) is 10.6 Å². The summed E-state index contributed by atoms with van der Waals surface area (Å²) in [7, 11) is -4.09. The van der Waals surface area contributed by atoms with Crippen molar-refractivity contribution in [1.82, 2.24) is 10.2 Å². The molecule has 0 radical (unpaired) electrons. The number of aryl methyl sites for hydroxylation is 2. The molecule has 3 aromatic rings. The van der Waals surface area contributed by atoms with Gasteiger partial charge in [0.15, 0.2) is 0 Å². The summed E-state index contributed by atoms with van der Waals surface area (Å²) in [6.07, 6.45) is 0. The van der Waals surface area contributed by atoms with Gasteiger partial charge in [-0.05, 0) is 63.6 Å². The molecule has 0 aliphatic heterocycles. The lowest BCUT2D eigenvalue weighted by Crippen LogP contribution is -2.51. The minimum absolute atomic E-state index is 0.0766. The molecule has 9 heteroatoms. The van der Waals surface area contributed by atoms with E-state index in [4.69, 9.17) is 0 Å². The van der Waals surface area contributed by atoms with E-state index in [-0.39, 0.29) is 17.3 Å². The molecule has 0 fully saturated rings. The summed E-state index contributed by atoms with van der Waals surface area (Å²) in [5.74, 6) is -0.798. The maximum Gasteiger partial charge on any atom is 0.264 e. The van der Waals surface area contributed by atoms with Crippen LogP contribution in [0.15, 0.2) is 82.2 Å². The SMILES string of the molecule is CCNC(=O)C(C)N(Cc1ccc(C)cc1)C(=O)CN(c1cccc(Br)c1)S(=O)(=O)c1ccc(C)cc1. The number of likely N-dealkylation sites (N-methyl/N-ethyl adjacent to an activating group) is 1. The number of benzene rings is 3. The Balaban J connectivity index is 2.02. The van der Waals surface area contributed by atoms with Crippen molar-refractivity contribution in [2.45, 2.75) is 45.2 Å². The molecule has 0 spiro atoms.